The van der Waals surface area contributed by atoms with Crippen LogP contribution < -0.4 is 24.7 Å². The lowest BCUT2D eigenvalue weighted by Gasteiger charge is -2.31. The number of unbranched alkanes of at least 4 members (excludes halogenated alkanes) is 2. The summed E-state index contributed by atoms with van der Waals surface area (Å²) < 4.78 is 18.1. The van der Waals surface area contributed by atoms with Crippen molar-refractivity contribution in [2.75, 3.05) is 63.5 Å². The van der Waals surface area contributed by atoms with Crippen LogP contribution in [-0.2, 0) is 4.74 Å². The highest BCUT2D eigenvalue weighted by Gasteiger charge is 2.21. The van der Waals surface area contributed by atoms with Gasteiger partial charge in [-0.2, -0.15) is 5.10 Å². The van der Waals surface area contributed by atoms with Crippen LogP contribution in [0.3, 0.4) is 0 Å². The van der Waals surface area contributed by atoms with Crippen LogP contribution >= 0.6 is 0 Å². The molecule has 34 heavy (non-hydrogen) atoms. The zero-order valence-corrected chi connectivity index (χ0v) is 21.8. The van der Waals surface area contributed by atoms with Gasteiger partial charge >= 0.3 is 0 Å². The number of hydrogen-bond donors (Lipinski definition) is 1. The van der Waals surface area contributed by atoms with Gasteiger partial charge in [0, 0.05) is 51.5 Å². The predicted molar refractivity (Wildman–Crippen MR) is 144 cm³/mol. The number of hydrazone groups is 1. The summed E-state index contributed by atoms with van der Waals surface area (Å²) in [5, 5.41) is 9.71. The molecule has 1 N–H and O–H groups in total. The fraction of sp³-hybridized carbons (Fsp3) is 0.593. The molecule has 0 spiro atoms. The zero-order chi connectivity index (χ0) is 24.6. The molecule has 7 nitrogen and oxygen atoms in total. The van der Waals surface area contributed by atoms with Crippen LogP contribution in [0.2, 0.25) is 0 Å². The lowest BCUT2D eigenvalue weighted by molar-refractivity contribution is 0.122. The van der Waals surface area contributed by atoms with Gasteiger partial charge in [0.2, 0.25) is 0 Å². The van der Waals surface area contributed by atoms with Crippen molar-refractivity contribution in [1.82, 2.24) is 5.32 Å². The average molecular weight is 473 g/mol. The van der Waals surface area contributed by atoms with Crippen LogP contribution in [0.15, 0.2) is 41.7 Å². The molecule has 2 rings (SSSR count). The summed E-state index contributed by atoms with van der Waals surface area (Å²) in [6.07, 6.45) is 13.0. The van der Waals surface area contributed by atoms with E-state index in [9.17, 15) is 0 Å². The molecular weight excluding hydrogens is 428 g/mol. The Morgan fingerprint density at radius 1 is 1.09 bits per heavy atom. The molecule has 0 unspecified atom stereocenters. The zero-order valence-electron chi connectivity index (χ0n) is 21.8. The van der Waals surface area contributed by atoms with Gasteiger partial charge in [-0.15, -0.1) is 0 Å². The first-order valence-electron chi connectivity index (χ1n) is 12.6. The minimum atomic E-state index is 0.680. The van der Waals surface area contributed by atoms with E-state index < -0.39 is 0 Å². The standard InChI is InChI=1S/C27H44N4O3/c1-6-8-17-33-26-22-25(31-15-19-32-20-16-31)27(34-18-9-7-2)21-24(26)30(5)29-23(3)13-11-10-12-14-28-4/h10-12,14,21-22,28H,6-9,13,15-20H2,1-5H3/b11-10-,14-12-,29-23+. The number of nitrogens with one attached hydrogen (secondary N) is 1. The van der Waals surface area contributed by atoms with Crippen molar-refractivity contribution in [1.29, 1.82) is 0 Å². The molecule has 1 aliphatic rings. The molecule has 0 saturated carbocycles. The topological polar surface area (TPSA) is 58.6 Å². The molecule has 0 aromatic heterocycles. The van der Waals surface area contributed by atoms with Crippen LogP contribution in [0.5, 0.6) is 11.5 Å². The molecule has 7 heteroatoms. The minimum absolute atomic E-state index is 0.680. The number of hydrogen-bond acceptors (Lipinski definition) is 7. The van der Waals surface area contributed by atoms with Gasteiger partial charge in [0.1, 0.15) is 17.2 Å². The van der Waals surface area contributed by atoms with Crippen molar-refractivity contribution in [3.8, 4) is 11.5 Å². The maximum Gasteiger partial charge on any atom is 0.146 e. The quantitative estimate of drug-likeness (QED) is 0.160. The minimum Gasteiger partial charge on any atom is -0.491 e. The Kier molecular flexibility index (Phi) is 13.0. The highest BCUT2D eigenvalue weighted by molar-refractivity contribution is 5.84. The highest BCUT2D eigenvalue weighted by Crippen LogP contribution is 2.41. The number of nitrogens with zero attached hydrogens (tertiary/aromatic N) is 3. The number of anilines is 2. The Morgan fingerprint density at radius 2 is 1.76 bits per heavy atom. The molecule has 1 aromatic carbocycles. The van der Waals surface area contributed by atoms with Gasteiger partial charge in [0.25, 0.3) is 0 Å². The van der Waals surface area contributed by atoms with Crippen LogP contribution in [0.4, 0.5) is 11.4 Å². The van der Waals surface area contributed by atoms with E-state index in [4.69, 9.17) is 19.3 Å². The second-order valence-electron chi connectivity index (χ2n) is 8.43. The molecule has 1 saturated heterocycles. The first-order valence-corrected chi connectivity index (χ1v) is 12.6. The molecule has 0 atom stereocenters. The lowest BCUT2D eigenvalue weighted by atomic mass is 10.2. The average Bonchev–Trinajstić information content (AvgIpc) is 2.85. The summed E-state index contributed by atoms with van der Waals surface area (Å²) in [5.41, 5.74) is 3.00. The molecule has 1 fully saturated rings. The molecule has 190 valence electrons. The van der Waals surface area contributed by atoms with Crippen LogP contribution in [0.1, 0.15) is 52.9 Å². The fourth-order valence-electron chi connectivity index (χ4n) is 3.55. The number of ether oxygens (including phenoxy) is 3. The number of allylic oxidation sites excluding steroid dienone is 3. The van der Waals surface area contributed by atoms with Crippen LogP contribution in [0, 0.1) is 0 Å². The van der Waals surface area contributed by atoms with Gasteiger partial charge in [-0.3, -0.25) is 5.01 Å². The summed E-state index contributed by atoms with van der Waals surface area (Å²) in [6.45, 7) is 10.9. The summed E-state index contributed by atoms with van der Waals surface area (Å²) in [5.74, 6) is 1.72. The van der Waals surface area contributed by atoms with Gasteiger partial charge in [-0.25, -0.2) is 0 Å². The Hall–Kier alpha value is -2.67. The van der Waals surface area contributed by atoms with E-state index in [1.54, 1.807) is 0 Å². The van der Waals surface area contributed by atoms with E-state index in [1.807, 2.05) is 44.4 Å². The van der Waals surface area contributed by atoms with Crippen molar-refractivity contribution >= 4 is 17.1 Å². The third kappa shape index (κ3) is 9.29. The van der Waals surface area contributed by atoms with E-state index >= 15 is 0 Å². The first kappa shape index (κ1) is 27.6. The van der Waals surface area contributed by atoms with Crippen molar-refractivity contribution in [3.63, 3.8) is 0 Å². The molecule has 0 aliphatic carbocycles. The smallest absolute Gasteiger partial charge is 0.146 e. The van der Waals surface area contributed by atoms with Crippen molar-refractivity contribution < 1.29 is 14.2 Å². The Labute approximate surface area is 206 Å². The monoisotopic (exact) mass is 472 g/mol. The molecule has 0 bridgehead atoms. The first-order chi connectivity index (χ1) is 16.6. The molecule has 0 amide bonds. The van der Waals surface area contributed by atoms with Crippen LogP contribution in [-0.4, -0.2) is 59.3 Å². The van der Waals surface area contributed by atoms with Gasteiger partial charge < -0.3 is 24.4 Å². The summed E-state index contributed by atoms with van der Waals surface area (Å²) in [6, 6.07) is 4.21. The van der Waals surface area contributed by atoms with E-state index in [1.165, 1.54) is 0 Å². The van der Waals surface area contributed by atoms with Gasteiger partial charge in [0.15, 0.2) is 0 Å². The third-order valence-electron chi connectivity index (χ3n) is 5.50. The largest absolute Gasteiger partial charge is 0.491 e. The number of morpholine rings is 1. The van der Waals surface area contributed by atoms with Gasteiger partial charge in [0.05, 0.1) is 32.1 Å². The van der Waals surface area contributed by atoms with Gasteiger partial charge in [-0.05, 0) is 32.0 Å². The van der Waals surface area contributed by atoms with Crippen LogP contribution in [0.25, 0.3) is 0 Å². The van der Waals surface area contributed by atoms with Gasteiger partial charge in [-0.1, -0.05) is 38.8 Å². The molecule has 1 heterocycles. The molecule has 1 aliphatic heterocycles. The number of rotatable bonds is 15. The maximum atomic E-state index is 6.27. The van der Waals surface area contributed by atoms with E-state index in [-0.39, 0.29) is 0 Å². The fourth-order valence-corrected chi connectivity index (χ4v) is 3.55. The number of benzene rings is 1. The Bertz CT molecular complexity index is 801. The van der Waals surface area contributed by atoms with E-state index in [2.05, 4.69) is 42.3 Å². The second-order valence-corrected chi connectivity index (χ2v) is 8.43. The Morgan fingerprint density at radius 3 is 2.41 bits per heavy atom. The predicted octanol–water partition coefficient (Wildman–Crippen LogP) is 5.37. The SMILES string of the molecule is CCCCOc1cc(N(C)/N=C(\C)C/C=C\C=C/NC)c(OCCCC)cc1N1CCOCC1. The molecular formula is C27H44N4O3. The second kappa shape index (κ2) is 16.0. The van der Waals surface area contributed by atoms with Crippen molar-refractivity contribution in [2.45, 2.75) is 52.9 Å². The highest BCUT2D eigenvalue weighted by atomic mass is 16.5. The van der Waals surface area contributed by atoms with Crippen molar-refractivity contribution in [3.05, 3.63) is 36.6 Å². The summed E-state index contributed by atoms with van der Waals surface area (Å²) >= 11 is 0. The van der Waals surface area contributed by atoms with E-state index in [0.717, 1.165) is 87.0 Å². The molecule has 1 aromatic rings. The Balaban J connectivity index is 2.35. The summed E-state index contributed by atoms with van der Waals surface area (Å²) in [7, 11) is 3.86. The third-order valence-corrected chi connectivity index (χ3v) is 5.50. The maximum absolute atomic E-state index is 6.27. The van der Waals surface area contributed by atoms with Crippen molar-refractivity contribution in [2.24, 2.45) is 5.10 Å². The van der Waals surface area contributed by atoms with E-state index in [0.29, 0.717) is 13.2 Å². The summed E-state index contributed by atoms with van der Waals surface area (Å²) in [4.78, 5) is 2.33. The lowest BCUT2D eigenvalue weighted by Crippen LogP contribution is -2.36. The normalized spacial score (nSPS) is 14.7. The molecule has 0 radical (unpaired) electrons.